The maximum absolute atomic E-state index is 13.5. The first-order chi connectivity index (χ1) is 17.3. The number of benzene rings is 2. The Bertz CT molecular complexity index is 1600. The van der Waals surface area contributed by atoms with Crippen molar-refractivity contribution < 1.29 is 13.2 Å². The van der Waals surface area contributed by atoms with Crippen molar-refractivity contribution in [2.24, 2.45) is 0 Å². The van der Waals surface area contributed by atoms with Crippen LogP contribution < -0.4 is 16.0 Å². The second-order valence-electron chi connectivity index (χ2n) is 8.62. The molecule has 0 aliphatic carbocycles. The van der Waals surface area contributed by atoms with Crippen LogP contribution in [0.4, 0.5) is 5.95 Å². The summed E-state index contributed by atoms with van der Waals surface area (Å²) in [7, 11) is -0.482. The molecule has 0 radical (unpaired) electrons. The monoisotopic (exact) mass is 506 g/mol. The molecule has 2 aromatic carbocycles. The van der Waals surface area contributed by atoms with Crippen molar-refractivity contribution in [2.45, 2.75) is 4.90 Å². The maximum Gasteiger partial charge on any atom is 0.267 e. The third-order valence-corrected chi connectivity index (χ3v) is 8.23. The molecule has 2 N–H and O–H groups in total. The van der Waals surface area contributed by atoms with E-state index in [1.807, 2.05) is 25.2 Å². The van der Waals surface area contributed by atoms with Crippen LogP contribution in [-0.2, 0) is 10.0 Å². The molecule has 1 fully saturated rings. The van der Waals surface area contributed by atoms with Crippen molar-refractivity contribution in [1.82, 2.24) is 23.7 Å². The Morgan fingerprint density at radius 3 is 2.39 bits per heavy atom. The summed E-state index contributed by atoms with van der Waals surface area (Å²) in [6, 6.07) is 15.7. The summed E-state index contributed by atoms with van der Waals surface area (Å²) >= 11 is 0. The van der Waals surface area contributed by atoms with Gasteiger partial charge in [-0.3, -0.25) is 4.79 Å². The molecule has 186 valence electrons. The van der Waals surface area contributed by atoms with Crippen molar-refractivity contribution in [1.29, 1.82) is 0 Å². The smallest absolute Gasteiger partial charge is 0.267 e. The predicted octanol–water partition coefficient (Wildman–Crippen LogP) is 1.97. The molecule has 36 heavy (non-hydrogen) atoms. The van der Waals surface area contributed by atoms with Gasteiger partial charge in [0.25, 0.3) is 5.56 Å². The fourth-order valence-electron chi connectivity index (χ4n) is 4.30. The zero-order chi connectivity index (χ0) is 25.4. The van der Waals surface area contributed by atoms with Crippen LogP contribution in [-0.4, -0.2) is 72.5 Å². The SMILES string of the molecule is COc1ncc(-c2ccc3nc(N)n(-c4ccccc4)c(=O)c3c2)cc1S(=O)(=O)N1CCN(C)CC1. The molecular formula is C25H26N6O4S. The summed E-state index contributed by atoms with van der Waals surface area (Å²) in [6.07, 6.45) is 1.53. The van der Waals surface area contributed by atoms with Crippen LogP contribution in [0.15, 0.2) is 70.5 Å². The number of fused-ring (bicyclic) bond motifs is 1. The van der Waals surface area contributed by atoms with E-state index in [1.165, 1.54) is 22.2 Å². The minimum absolute atomic E-state index is 0.00993. The van der Waals surface area contributed by atoms with Crippen molar-refractivity contribution in [2.75, 3.05) is 46.1 Å². The van der Waals surface area contributed by atoms with Gasteiger partial charge < -0.3 is 15.4 Å². The summed E-state index contributed by atoms with van der Waals surface area (Å²) in [4.78, 5) is 24.1. The zero-order valence-corrected chi connectivity index (χ0v) is 20.8. The highest BCUT2D eigenvalue weighted by molar-refractivity contribution is 7.89. The van der Waals surface area contributed by atoms with E-state index in [-0.39, 0.29) is 22.3 Å². The number of nitrogen functional groups attached to an aromatic ring is 1. The molecule has 5 rings (SSSR count). The highest BCUT2D eigenvalue weighted by atomic mass is 32.2. The minimum Gasteiger partial charge on any atom is -0.480 e. The van der Waals surface area contributed by atoms with Gasteiger partial charge in [-0.2, -0.15) is 4.31 Å². The van der Waals surface area contributed by atoms with Crippen LogP contribution in [0.1, 0.15) is 0 Å². The topological polar surface area (TPSA) is 124 Å². The number of hydrogen-bond donors (Lipinski definition) is 1. The molecule has 1 aliphatic rings. The second kappa shape index (κ2) is 9.34. The maximum atomic E-state index is 13.5. The van der Waals surface area contributed by atoms with Crippen LogP contribution in [0.3, 0.4) is 0 Å². The molecule has 0 saturated carbocycles. The third-order valence-electron chi connectivity index (χ3n) is 6.33. The molecular weight excluding hydrogens is 480 g/mol. The first kappa shape index (κ1) is 23.9. The number of hydrogen-bond acceptors (Lipinski definition) is 8. The first-order valence-corrected chi connectivity index (χ1v) is 12.8. The van der Waals surface area contributed by atoms with Gasteiger partial charge in [0.05, 0.1) is 23.7 Å². The summed E-state index contributed by atoms with van der Waals surface area (Å²) < 4.78 is 35.0. The summed E-state index contributed by atoms with van der Waals surface area (Å²) in [5.74, 6) is 0.109. The van der Waals surface area contributed by atoms with E-state index in [2.05, 4.69) is 14.9 Å². The van der Waals surface area contributed by atoms with Gasteiger partial charge in [-0.05, 0) is 42.9 Å². The Hall–Kier alpha value is -3.80. The number of piperazine rings is 1. The highest BCUT2D eigenvalue weighted by Gasteiger charge is 2.31. The molecule has 0 spiro atoms. The normalized spacial score (nSPS) is 15.3. The Balaban J connectivity index is 1.62. The number of aromatic nitrogens is 3. The minimum atomic E-state index is -3.83. The van der Waals surface area contributed by atoms with E-state index < -0.39 is 10.0 Å². The molecule has 2 aromatic heterocycles. The van der Waals surface area contributed by atoms with Gasteiger partial charge in [0.2, 0.25) is 21.9 Å². The van der Waals surface area contributed by atoms with E-state index >= 15 is 0 Å². The molecule has 0 atom stereocenters. The van der Waals surface area contributed by atoms with E-state index in [9.17, 15) is 13.2 Å². The number of para-hydroxylation sites is 1. The molecule has 3 heterocycles. The van der Waals surface area contributed by atoms with Crippen LogP contribution in [0, 0.1) is 0 Å². The summed E-state index contributed by atoms with van der Waals surface area (Å²) in [5.41, 5.74) is 7.98. The molecule has 1 saturated heterocycles. The van der Waals surface area contributed by atoms with Crippen LogP contribution >= 0.6 is 0 Å². The first-order valence-electron chi connectivity index (χ1n) is 11.4. The van der Waals surface area contributed by atoms with E-state index in [4.69, 9.17) is 10.5 Å². The molecule has 0 bridgehead atoms. The number of ether oxygens (including phenoxy) is 1. The number of anilines is 1. The standard InChI is InChI=1S/C25H26N6O4S/c1-29-10-12-30(13-11-29)36(33,34)22-15-18(16-27-23(22)35-2)17-8-9-21-20(14-17)24(32)31(25(26)28-21)19-6-4-3-5-7-19/h3-9,14-16H,10-13H2,1-2H3,(H2,26,28). The number of nitrogens with zero attached hydrogens (tertiary/aromatic N) is 5. The Kier molecular flexibility index (Phi) is 6.20. The number of pyridine rings is 1. The lowest BCUT2D eigenvalue weighted by Crippen LogP contribution is -2.47. The van der Waals surface area contributed by atoms with Crippen molar-refractivity contribution in [3.63, 3.8) is 0 Å². The number of sulfonamides is 1. The van der Waals surface area contributed by atoms with Gasteiger partial charge in [-0.25, -0.2) is 23.0 Å². The van der Waals surface area contributed by atoms with Crippen molar-refractivity contribution in [3.8, 4) is 22.7 Å². The molecule has 0 amide bonds. The van der Waals surface area contributed by atoms with Gasteiger partial charge in [0.1, 0.15) is 4.90 Å². The average molecular weight is 507 g/mol. The summed E-state index contributed by atoms with van der Waals surface area (Å²) in [5, 5.41) is 0.352. The fraction of sp³-hybridized carbons (Fsp3) is 0.240. The predicted molar refractivity (Wildman–Crippen MR) is 138 cm³/mol. The van der Waals surface area contributed by atoms with Crippen LogP contribution in [0.2, 0.25) is 0 Å². The quantitative estimate of drug-likeness (QED) is 0.436. The largest absolute Gasteiger partial charge is 0.480 e. The Morgan fingerprint density at radius 1 is 0.972 bits per heavy atom. The van der Waals surface area contributed by atoms with Gasteiger partial charge in [0, 0.05) is 37.9 Å². The van der Waals surface area contributed by atoms with Gasteiger partial charge in [-0.1, -0.05) is 24.3 Å². The number of rotatable bonds is 5. The lowest BCUT2D eigenvalue weighted by Gasteiger charge is -2.31. The van der Waals surface area contributed by atoms with Crippen molar-refractivity contribution in [3.05, 3.63) is 71.1 Å². The van der Waals surface area contributed by atoms with E-state index in [1.54, 1.807) is 36.4 Å². The van der Waals surface area contributed by atoms with Crippen LogP contribution in [0.25, 0.3) is 27.7 Å². The molecule has 1 aliphatic heterocycles. The Morgan fingerprint density at radius 2 is 1.69 bits per heavy atom. The number of methoxy groups -OCH3 is 1. The Labute approximate surface area is 208 Å². The molecule has 10 nitrogen and oxygen atoms in total. The third kappa shape index (κ3) is 4.21. The fourth-order valence-corrected chi connectivity index (χ4v) is 5.86. The van der Waals surface area contributed by atoms with Crippen molar-refractivity contribution >= 4 is 26.9 Å². The zero-order valence-electron chi connectivity index (χ0n) is 20.0. The molecule has 4 aromatic rings. The highest BCUT2D eigenvalue weighted by Crippen LogP contribution is 2.31. The second-order valence-corrected chi connectivity index (χ2v) is 10.5. The average Bonchev–Trinajstić information content (AvgIpc) is 2.89. The lowest BCUT2D eigenvalue weighted by molar-refractivity contribution is 0.222. The van der Waals surface area contributed by atoms with Gasteiger partial charge >= 0.3 is 0 Å². The van der Waals surface area contributed by atoms with E-state index in [0.29, 0.717) is 53.9 Å². The molecule has 0 unspecified atom stereocenters. The number of likely N-dealkylation sites (N-methyl/N-ethyl adjacent to an activating group) is 1. The van der Waals surface area contributed by atoms with Crippen LogP contribution in [0.5, 0.6) is 5.88 Å². The summed E-state index contributed by atoms with van der Waals surface area (Å²) in [6.45, 7) is 2.05. The molecule has 11 heteroatoms. The van der Waals surface area contributed by atoms with Gasteiger partial charge in [-0.15, -0.1) is 0 Å². The van der Waals surface area contributed by atoms with E-state index in [0.717, 1.165) is 0 Å². The van der Waals surface area contributed by atoms with Gasteiger partial charge in [0.15, 0.2) is 0 Å². The lowest BCUT2D eigenvalue weighted by atomic mass is 10.1. The number of nitrogens with two attached hydrogens (primary N) is 1.